The van der Waals surface area contributed by atoms with Gasteiger partial charge in [0.25, 0.3) is 0 Å². The van der Waals surface area contributed by atoms with Gasteiger partial charge in [-0.25, -0.2) is 0 Å². The van der Waals surface area contributed by atoms with Crippen molar-refractivity contribution < 1.29 is 14.7 Å². The third kappa shape index (κ3) is 3.81. The Hall–Kier alpha value is -1.88. The molecule has 1 rings (SSSR count). The molecule has 1 aromatic carbocycles. The van der Waals surface area contributed by atoms with E-state index in [1.807, 2.05) is 13.8 Å². The van der Waals surface area contributed by atoms with Crippen LogP contribution in [0.2, 0.25) is 0 Å². The summed E-state index contributed by atoms with van der Waals surface area (Å²) >= 11 is 0. The average Bonchev–Trinajstić information content (AvgIpc) is 2.43. The first-order valence-electron chi connectivity index (χ1n) is 6.79. The predicted octanol–water partition coefficient (Wildman–Crippen LogP) is 2.02. The van der Waals surface area contributed by atoms with Gasteiger partial charge in [-0.05, 0) is 30.5 Å². The highest BCUT2D eigenvalue weighted by Crippen LogP contribution is 2.27. The molecule has 0 bridgehead atoms. The molecule has 0 fully saturated rings. The molecule has 0 heterocycles. The minimum absolute atomic E-state index is 0.0229. The SMILES string of the molecule is CCC(CC)(CN)C(=O)Nc1ccc(CC(=O)O)cc1. The molecule has 0 saturated carbocycles. The Morgan fingerprint density at radius 1 is 1.20 bits per heavy atom. The first-order chi connectivity index (χ1) is 9.47. The second-order valence-electron chi connectivity index (χ2n) is 4.91. The van der Waals surface area contributed by atoms with Gasteiger partial charge in [0.2, 0.25) is 5.91 Å². The van der Waals surface area contributed by atoms with E-state index in [9.17, 15) is 9.59 Å². The minimum Gasteiger partial charge on any atom is -0.481 e. The highest BCUT2D eigenvalue weighted by atomic mass is 16.4. The van der Waals surface area contributed by atoms with Crippen LogP contribution in [0, 0.1) is 5.41 Å². The maximum absolute atomic E-state index is 12.3. The van der Waals surface area contributed by atoms with Crippen LogP contribution in [0.5, 0.6) is 0 Å². The third-order valence-electron chi connectivity index (χ3n) is 3.79. The van der Waals surface area contributed by atoms with Crippen LogP contribution in [0.1, 0.15) is 32.3 Å². The number of hydrogen-bond donors (Lipinski definition) is 3. The number of carboxylic acid groups (broad SMARTS) is 1. The maximum atomic E-state index is 12.3. The van der Waals surface area contributed by atoms with Gasteiger partial charge in [0.15, 0.2) is 0 Å². The fraction of sp³-hybridized carbons (Fsp3) is 0.467. The third-order valence-corrected chi connectivity index (χ3v) is 3.79. The zero-order valence-corrected chi connectivity index (χ0v) is 12.0. The summed E-state index contributed by atoms with van der Waals surface area (Å²) in [6, 6.07) is 6.82. The van der Waals surface area contributed by atoms with E-state index in [4.69, 9.17) is 10.8 Å². The minimum atomic E-state index is -0.874. The van der Waals surface area contributed by atoms with Crippen LogP contribution in [0.3, 0.4) is 0 Å². The summed E-state index contributed by atoms with van der Waals surface area (Å²) in [4.78, 5) is 22.9. The quantitative estimate of drug-likeness (QED) is 0.711. The van der Waals surface area contributed by atoms with Crippen molar-refractivity contribution in [3.8, 4) is 0 Å². The summed E-state index contributed by atoms with van der Waals surface area (Å²) in [6.07, 6.45) is 1.34. The lowest BCUT2D eigenvalue weighted by molar-refractivity contribution is -0.136. The van der Waals surface area contributed by atoms with Crippen LogP contribution in [-0.2, 0) is 16.0 Å². The number of hydrogen-bond acceptors (Lipinski definition) is 3. The molecule has 0 atom stereocenters. The first-order valence-corrected chi connectivity index (χ1v) is 6.79. The monoisotopic (exact) mass is 278 g/mol. The summed E-state index contributed by atoms with van der Waals surface area (Å²) in [7, 11) is 0. The molecule has 0 aliphatic carbocycles. The Kier molecular flexibility index (Phi) is 5.70. The van der Waals surface area contributed by atoms with Crippen molar-refractivity contribution in [3.63, 3.8) is 0 Å². The fourth-order valence-corrected chi connectivity index (χ4v) is 2.10. The second-order valence-corrected chi connectivity index (χ2v) is 4.91. The normalized spacial score (nSPS) is 11.2. The number of rotatable bonds is 7. The van der Waals surface area contributed by atoms with Crippen LogP contribution in [-0.4, -0.2) is 23.5 Å². The number of nitrogens with one attached hydrogen (secondary N) is 1. The predicted molar refractivity (Wildman–Crippen MR) is 78.5 cm³/mol. The van der Waals surface area contributed by atoms with Gasteiger partial charge in [-0.15, -0.1) is 0 Å². The second kappa shape index (κ2) is 7.05. The molecule has 5 nitrogen and oxygen atoms in total. The molecule has 0 spiro atoms. The van der Waals surface area contributed by atoms with Crippen LogP contribution >= 0.6 is 0 Å². The molecule has 1 aromatic rings. The number of aliphatic carboxylic acids is 1. The highest BCUT2D eigenvalue weighted by Gasteiger charge is 2.33. The Morgan fingerprint density at radius 3 is 2.15 bits per heavy atom. The van der Waals surface area contributed by atoms with E-state index in [-0.39, 0.29) is 12.3 Å². The van der Waals surface area contributed by atoms with E-state index in [1.165, 1.54) is 0 Å². The van der Waals surface area contributed by atoms with E-state index in [0.717, 1.165) is 0 Å². The van der Waals surface area contributed by atoms with E-state index in [1.54, 1.807) is 24.3 Å². The Labute approximate surface area is 119 Å². The fourth-order valence-electron chi connectivity index (χ4n) is 2.10. The van der Waals surface area contributed by atoms with Gasteiger partial charge in [-0.2, -0.15) is 0 Å². The van der Waals surface area contributed by atoms with Gasteiger partial charge in [0.1, 0.15) is 0 Å². The lowest BCUT2D eigenvalue weighted by atomic mass is 9.81. The van der Waals surface area contributed by atoms with Crippen molar-refractivity contribution >= 4 is 17.6 Å². The van der Waals surface area contributed by atoms with Crippen molar-refractivity contribution in [1.82, 2.24) is 0 Å². The van der Waals surface area contributed by atoms with Gasteiger partial charge in [-0.3, -0.25) is 9.59 Å². The van der Waals surface area contributed by atoms with Gasteiger partial charge in [0, 0.05) is 12.2 Å². The summed E-state index contributed by atoms with van der Waals surface area (Å²) < 4.78 is 0. The molecule has 0 aromatic heterocycles. The molecule has 5 heteroatoms. The van der Waals surface area contributed by atoms with Crippen molar-refractivity contribution in [2.75, 3.05) is 11.9 Å². The lowest BCUT2D eigenvalue weighted by Crippen LogP contribution is -2.41. The van der Waals surface area contributed by atoms with Gasteiger partial charge in [-0.1, -0.05) is 26.0 Å². The molecule has 0 aliphatic heterocycles. The molecular weight excluding hydrogens is 256 g/mol. The molecule has 4 N–H and O–H groups in total. The van der Waals surface area contributed by atoms with Crippen molar-refractivity contribution in [2.24, 2.45) is 11.1 Å². The Bertz CT molecular complexity index is 456. The number of carbonyl (C=O) groups excluding carboxylic acids is 1. The first kappa shape index (κ1) is 16.2. The van der Waals surface area contributed by atoms with Crippen molar-refractivity contribution in [3.05, 3.63) is 29.8 Å². The van der Waals surface area contributed by atoms with Gasteiger partial charge >= 0.3 is 5.97 Å². The average molecular weight is 278 g/mol. The zero-order chi connectivity index (χ0) is 15.2. The van der Waals surface area contributed by atoms with Crippen LogP contribution in [0.25, 0.3) is 0 Å². The molecular formula is C15H22N2O3. The van der Waals surface area contributed by atoms with E-state index < -0.39 is 11.4 Å². The smallest absolute Gasteiger partial charge is 0.307 e. The topological polar surface area (TPSA) is 92.4 Å². The van der Waals surface area contributed by atoms with Gasteiger partial charge in [0.05, 0.1) is 11.8 Å². The van der Waals surface area contributed by atoms with Crippen molar-refractivity contribution in [2.45, 2.75) is 33.1 Å². The molecule has 1 amide bonds. The largest absolute Gasteiger partial charge is 0.481 e. The maximum Gasteiger partial charge on any atom is 0.307 e. The molecule has 0 radical (unpaired) electrons. The highest BCUT2D eigenvalue weighted by molar-refractivity contribution is 5.95. The molecule has 0 unspecified atom stereocenters. The summed E-state index contributed by atoms with van der Waals surface area (Å²) in [5.41, 5.74) is 6.55. The van der Waals surface area contributed by atoms with E-state index in [2.05, 4.69) is 5.32 Å². The lowest BCUT2D eigenvalue weighted by Gasteiger charge is -2.28. The summed E-state index contributed by atoms with van der Waals surface area (Å²) in [5.74, 6) is -0.961. The van der Waals surface area contributed by atoms with Crippen LogP contribution in [0.4, 0.5) is 5.69 Å². The number of nitrogens with two attached hydrogens (primary N) is 1. The van der Waals surface area contributed by atoms with Crippen LogP contribution < -0.4 is 11.1 Å². The zero-order valence-electron chi connectivity index (χ0n) is 12.0. The molecule has 20 heavy (non-hydrogen) atoms. The summed E-state index contributed by atoms with van der Waals surface area (Å²) in [6.45, 7) is 4.21. The standard InChI is InChI=1S/C15H22N2O3/c1-3-15(4-2,10-16)14(20)17-12-7-5-11(6-8-12)9-13(18)19/h5-8H,3-4,9-10,16H2,1-2H3,(H,17,20)(H,18,19). The molecule has 0 saturated heterocycles. The van der Waals surface area contributed by atoms with Crippen molar-refractivity contribution in [1.29, 1.82) is 0 Å². The number of anilines is 1. The number of carbonyl (C=O) groups is 2. The number of amides is 1. The van der Waals surface area contributed by atoms with Gasteiger partial charge < -0.3 is 16.2 Å². The molecule has 110 valence electrons. The van der Waals surface area contributed by atoms with E-state index >= 15 is 0 Å². The number of carboxylic acids is 1. The molecule has 0 aliphatic rings. The Morgan fingerprint density at radius 2 is 1.75 bits per heavy atom. The van der Waals surface area contributed by atoms with Crippen LogP contribution in [0.15, 0.2) is 24.3 Å². The number of benzene rings is 1. The summed E-state index contributed by atoms with van der Waals surface area (Å²) in [5, 5.41) is 11.6. The Balaban J connectivity index is 2.78. The van der Waals surface area contributed by atoms with E-state index in [0.29, 0.717) is 30.6 Å².